The van der Waals surface area contributed by atoms with E-state index in [2.05, 4.69) is 257 Å². The van der Waals surface area contributed by atoms with Gasteiger partial charge < -0.3 is 4.90 Å². The number of rotatable bonds is 7. The average molecular weight is 888 g/mol. The van der Waals surface area contributed by atoms with Gasteiger partial charge in [-0.25, -0.2) is 0 Å². The SMILES string of the molecule is CC1(C)c2cc(-c3ccccc3)ccc2-c2ccc(N(c3ccc(-c4ccc(-c5cccc6c5sc5ccccc56)cc4)cc3)c3ccc4c(c3)C(C)(C)c3cc(-c5ccccc5)ccc3-4)cc21. The molecule has 1 nitrogen and oxygen atoms in total. The van der Waals surface area contributed by atoms with Crippen LogP contribution in [0, 0.1) is 0 Å². The highest BCUT2D eigenvalue weighted by molar-refractivity contribution is 7.26. The molecule has 2 heteroatoms. The van der Waals surface area contributed by atoms with Gasteiger partial charge in [0, 0.05) is 48.1 Å². The number of hydrogen-bond acceptors (Lipinski definition) is 2. The molecule has 0 aliphatic heterocycles. The summed E-state index contributed by atoms with van der Waals surface area (Å²) >= 11 is 1.88. The molecule has 0 fully saturated rings. The zero-order chi connectivity index (χ0) is 45.7. The van der Waals surface area contributed by atoms with E-state index in [1.54, 1.807) is 0 Å². The molecule has 0 unspecified atom stereocenters. The predicted octanol–water partition coefficient (Wildman–Crippen LogP) is 18.8. The Morgan fingerprint density at radius 3 is 1.24 bits per heavy atom. The van der Waals surface area contributed by atoms with E-state index in [-0.39, 0.29) is 10.8 Å². The molecule has 0 bridgehead atoms. The second-order valence-electron chi connectivity index (χ2n) is 19.7. The zero-order valence-corrected chi connectivity index (χ0v) is 39.5. The van der Waals surface area contributed by atoms with E-state index in [4.69, 9.17) is 0 Å². The van der Waals surface area contributed by atoms with Crippen molar-refractivity contribution in [3.05, 3.63) is 247 Å². The molecule has 10 aromatic carbocycles. The number of anilines is 3. The third kappa shape index (κ3) is 6.35. The first-order valence-electron chi connectivity index (χ1n) is 23.8. The number of fused-ring (bicyclic) bond motifs is 9. The standard InChI is InChI=1S/C66H49NS/c1-65(2)59-38-47(42-14-7-5-8-15-42)28-34-53(59)55-36-32-50(40-61(55)65)67(51-33-37-56-54-35-29-48(43-16-9-6-10-17-43)39-60(54)66(3,4)62(56)41-51)49-30-26-45(27-31-49)44-22-24-46(25-23-44)52-19-13-20-58-57-18-11-12-21-63(57)68-64(52)58/h5-41H,1-4H3. The van der Waals surface area contributed by atoms with Gasteiger partial charge in [-0.05, 0) is 144 Å². The molecule has 0 radical (unpaired) electrons. The Kier molecular flexibility index (Phi) is 9.16. The van der Waals surface area contributed by atoms with E-state index < -0.39 is 0 Å². The topological polar surface area (TPSA) is 3.24 Å². The summed E-state index contributed by atoms with van der Waals surface area (Å²) in [4.78, 5) is 2.47. The first-order valence-corrected chi connectivity index (χ1v) is 24.6. The Morgan fingerprint density at radius 1 is 0.294 bits per heavy atom. The Balaban J connectivity index is 0.892. The van der Waals surface area contributed by atoms with Crippen LogP contribution in [0.2, 0.25) is 0 Å². The molecular formula is C66H49NS. The number of benzene rings is 10. The lowest BCUT2D eigenvalue weighted by molar-refractivity contribution is 0.660. The van der Waals surface area contributed by atoms with Crippen LogP contribution in [0.15, 0.2) is 224 Å². The van der Waals surface area contributed by atoms with Crippen molar-refractivity contribution in [2.45, 2.75) is 38.5 Å². The van der Waals surface area contributed by atoms with E-state index in [1.165, 1.54) is 109 Å². The highest BCUT2D eigenvalue weighted by Gasteiger charge is 2.38. The lowest BCUT2D eigenvalue weighted by atomic mass is 9.81. The van der Waals surface area contributed by atoms with Crippen molar-refractivity contribution in [1.82, 2.24) is 0 Å². The van der Waals surface area contributed by atoms with Crippen LogP contribution in [0.25, 0.3) is 86.9 Å². The molecule has 0 saturated heterocycles. The van der Waals surface area contributed by atoms with E-state index in [1.807, 2.05) is 11.3 Å². The lowest BCUT2D eigenvalue weighted by Gasteiger charge is -2.30. The molecule has 1 heterocycles. The van der Waals surface area contributed by atoms with Crippen molar-refractivity contribution < 1.29 is 0 Å². The molecule has 0 spiro atoms. The van der Waals surface area contributed by atoms with Gasteiger partial charge in [-0.1, -0.05) is 198 Å². The molecule has 0 atom stereocenters. The van der Waals surface area contributed by atoms with Crippen molar-refractivity contribution >= 4 is 48.6 Å². The van der Waals surface area contributed by atoms with Gasteiger partial charge in [0.05, 0.1) is 0 Å². The fraction of sp³-hybridized carbons (Fsp3) is 0.0909. The van der Waals surface area contributed by atoms with Gasteiger partial charge in [0.2, 0.25) is 0 Å². The van der Waals surface area contributed by atoms with Gasteiger partial charge in [-0.2, -0.15) is 0 Å². The number of thiophene rings is 1. The van der Waals surface area contributed by atoms with Crippen LogP contribution in [0.3, 0.4) is 0 Å². The van der Waals surface area contributed by atoms with Gasteiger partial charge >= 0.3 is 0 Å². The van der Waals surface area contributed by atoms with Crippen molar-refractivity contribution in [2.24, 2.45) is 0 Å². The summed E-state index contributed by atoms with van der Waals surface area (Å²) in [6, 6.07) is 83.7. The monoisotopic (exact) mass is 887 g/mol. The Bertz CT molecular complexity index is 3610. The maximum atomic E-state index is 2.47. The van der Waals surface area contributed by atoms with Crippen molar-refractivity contribution in [3.63, 3.8) is 0 Å². The van der Waals surface area contributed by atoms with Crippen LogP contribution in [-0.2, 0) is 10.8 Å². The molecule has 324 valence electrons. The van der Waals surface area contributed by atoms with Crippen LogP contribution in [0.1, 0.15) is 49.9 Å². The molecule has 68 heavy (non-hydrogen) atoms. The zero-order valence-electron chi connectivity index (χ0n) is 38.7. The van der Waals surface area contributed by atoms with E-state index in [0.29, 0.717) is 0 Å². The lowest BCUT2D eigenvalue weighted by Crippen LogP contribution is -2.18. The minimum atomic E-state index is -0.187. The maximum Gasteiger partial charge on any atom is 0.0465 e. The molecule has 0 saturated carbocycles. The van der Waals surface area contributed by atoms with Crippen molar-refractivity contribution in [3.8, 4) is 66.8 Å². The van der Waals surface area contributed by atoms with Gasteiger partial charge in [0.1, 0.15) is 0 Å². The first kappa shape index (κ1) is 40.5. The molecule has 2 aliphatic carbocycles. The predicted molar refractivity (Wildman–Crippen MR) is 291 cm³/mol. The molecule has 2 aliphatic rings. The summed E-state index contributed by atoms with van der Waals surface area (Å²) in [5, 5.41) is 2.66. The maximum absolute atomic E-state index is 2.47. The van der Waals surface area contributed by atoms with Gasteiger partial charge in [-0.15, -0.1) is 11.3 Å². The summed E-state index contributed by atoms with van der Waals surface area (Å²) < 4.78 is 2.68. The van der Waals surface area contributed by atoms with Crippen molar-refractivity contribution in [2.75, 3.05) is 4.90 Å². The molecule has 11 aromatic rings. The number of nitrogens with zero attached hydrogens (tertiary/aromatic N) is 1. The molecule has 13 rings (SSSR count). The van der Waals surface area contributed by atoms with Gasteiger partial charge in [-0.3, -0.25) is 0 Å². The fourth-order valence-electron chi connectivity index (χ4n) is 11.4. The van der Waals surface area contributed by atoms with Crippen LogP contribution in [0.4, 0.5) is 17.1 Å². The van der Waals surface area contributed by atoms with E-state index in [9.17, 15) is 0 Å². The van der Waals surface area contributed by atoms with Gasteiger partial charge in [0.25, 0.3) is 0 Å². The largest absolute Gasteiger partial charge is 0.310 e. The first-order chi connectivity index (χ1) is 33.2. The second-order valence-corrected chi connectivity index (χ2v) is 20.8. The molecular weight excluding hydrogens is 839 g/mol. The molecule has 0 N–H and O–H groups in total. The Hall–Kier alpha value is -7.78. The van der Waals surface area contributed by atoms with E-state index in [0.717, 1.165) is 17.1 Å². The third-order valence-electron chi connectivity index (χ3n) is 15.1. The minimum Gasteiger partial charge on any atom is -0.310 e. The smallest absolute Gasteiger partial charge is 0.0465 e. The Labute approximate surface area is 403 Å². The summed E-state index contributed by atoms with van der Waals surface area (Å²) in [7, 11) is 0. The third-order valence-corrected chi connectivity index (χ3v) is 16.3. The average Bonchev–Trinajstić information content (AvgIpc) is 3.96. The quantitative estimate of drug-likeness (QED) is 0.154. The molecule has 0 amide bonds. The Morgan fingerprint density at radius 2 is 0.691 bits per heavy atom. The van der Waals surface area contributed by atoms with Crippen molar-refractivity contribution in [1.29, 1.82) is 0 Å². The van der Waals surface area contributed by atoms with E-state index >= 15 is 0 Å². The summed E-state index contributed by atoms with van der Waals surface area (Å²) in [6.07, 6.45) is 0. The summed E-state index contributed by atoms with van der Waals surface area (Å²) in [5.41, 5.74) is 23.7. The minimum absolute atomic E-state index is 0.187. The summed E-state index contributed by atoms with van der Waals surface area (Å²) in [6.45, 7) is 9.57. The van der Waals surface area contributed by atoms with Gasteiger partial charge in [0.15, 0.2) is 0 Å². The normalized spacial score (nSPS) is 13.8. The fourth-order valence-corrected chi connectivity index (χ4v) is 12.7. The highest BCUT2D eigenvalue weighted by atomic mass is 32.1. The van der Waals surface area contributed by atoms with Crippen LogP contribution in [0.5, 0.6) is 0 Å². The highest BCUT2D eigenvalue weighted by Crippen LogP contribution is 2.54. The summed E-state index contributed by atoms with van der Waals surface area (Å²) in [5.74, 6) is 0. The van der Waals surface area contributed by atoms with Crippen LogP contribution in [-0.4, -0.2) is 0 Å². The van der Waals surface area contributed by atoms with Crippen LogP contribution < -0.4 is 4.90 Å². The number of hydrogen-bond donors (Lipinski definition) is 0. The molecule has 1 aromatic heterocycles. The van der Waals surface area contributed by atoms with Crippen LogP contribution >= 0.6 is 11.3 Å². The second kappa shape index (κ2) is 15.4.